The van der Waals surface area contributed by atoms with E-state index in [1.807, 2.05) is 13.8 Å². The van der Waals surface area contributed by atoms with E-state index in [9.17, 15) is 5.11 Å². The number of ether oxygens (including phenoxy) is 1. The maximum atomic E-state index is 9.96. The zero-order chi connectivity index (χ0) is 13.4. The molecule has 1 aromatic rings. The Morgan fingerprint density at radius 2 is 2.22 bits per heavy atom. The van der Waals surface area contributed by atoms with Crippen molar-refractivity contribution in [2.45, 2.75) is 45.9 Å². The number of nitrogens with zero attached hydrogens (tertiary/aromatic N) is 1. The number of hydrogen-bond donors (Lipinski definition) is 1. The monoisotopic (exact) mass is 271 g/mol. The number of thiophene rings is 1. The van der Waals surface area contributed by atoms with Crippen LogP contribution in [0.4, 0.5) is 0 Å². The summed E-state index contributed by atoms with van der Waals surface area (Å²) in [5, 5.41) is 12.1. The topological polar surface area (TPSA) is 32.7 Å². The summed E-state index contributed by atoms with van der Waals surface area (Å²) in [6.45, 7) is 9.17. The van der Waals surface area contributed by atoms with E-state index in [0.717, 1.165) is 19.5 Å². The summed E-state index contributed by atoms with van der Waals surface area (Å²) in [5.41, 5.74) is 0. The molecule has 1 atom stereocenters. The lowest BCUT2D eigenvalue weighted by molar-refractivity contribution is -0.00938. The molecule has 0 aliphatic carbocycles. The van der Waals surface area contributed by atoms with Crippen LogP contribution in [0.15, 0.2) is 17.5 Å². The lowest BCUT2D eigenvalue weighted by Crippen LogP contribution is -2.35. The molecular formula is C14H25NO2S. The summed E-state index contributed by atoms with van der Waals surface area (Å²) in [5.74, 6) is 0. The molecule has 104 valence electrons. The Bertz CT molecular complexity index is 301. The van der Waals surface area contributed by atoms with Crippen molar-refractivity contribution in [2.24, 2.45) is 0 Å². The molecule has 4 heteroatoms. The van der Waals surface area contributed by atoms with Crippen LogP contribution in [-0.4, -0.2) is 41.9 Å². The highest BCUT2D eigenvalue weighted by Crippen LogP contribution is 2.12. The van der Waals surface area contributed by atoms with Crippen molar-refractivity contribution >= 4 is 11.3 Å². The van der Waals surface area contributed by atoms with E-state index in [0.29, 0.717) is 13.2 Å². The minimum absolute atomic E-state index is 0.177. The quantitative estimate of drug-likeness (QED) is 0.749. The van der Waals surface area contributed by atoms with E-state index >= 15 is 0 Å². The highest BCUT2D eigenvalue weighted by molar-refractivity contribution is 7.09. The summed E-state index contributed by atoms with van der Waals surface area (Å²) in [7, 11) is 0. The van der Waals surface area contributed by atoms with Crippen molar-refractivity contribution in [1.29, 1.82) is 0 Å². The third kappa shape index (κ3) is 6.50. The van der Waals surface area contributed by atoms with E-state index < -0.39 is 6.10 Å². The van der Waals surface area contributed by atoms with Gasteiger partial charge in [0.15, 0.2) is 0 Å². The molecule has 1 N–H and O–H groups in total. The Labute approximate surface area is 114 Å². The molecule has 0 fully saturated rings. The van der Waals surface area contributed by atoms with Crippen LogP contribution in [0.2, 0.25) is 0 Å². The Morgan fingerprint density at radius 3 is 2.78 bits per heavy atom. The molecule has 18 heavy (non-hydrogen) atoms. The molecule has 1 unspecified atom stereocenters. The van der Waals surface area contributed by atoms with Gasteiger partial charge in [0, 0.05) is 18.0 Å². The number of aliphatic hydroxyl groups is 1. The van der Waals surface area contributed by atoms with Crippen LogP contribution in [0.5, 0.6) is 0 Å². The molecule has 0 aromatic carbocycles. The minimum atomic E-state index is -0.404. The fraction of sp³-hybridized carbons (Fsp3) is 0.714. The molecule has 0 aliphatic heterocycles. The molecule has 0 radical (unpaired) electrons. The summed E-state index contributed by atoms with van der Waals surface area (Å²) < 4.78 is 5.44. The van der Waals surface area contributed by atoms with Crippen molar-refractivity contribution < 1.29 is 9.84 Å². The Kier molecular flexibility index (Phi) is 7.51. The maximum absolute atomic E-state index is 9.96. The zero-order valence-electron chi connectivity index (χ0n) is 11.6. The highest BCUT2D eigenvalue weighted by Gasteiger charge is 2.12. The van der Waals surface area contributed by atoms with E-state index in [1.54, 1.807) is 11.3 Å². The number of hydrogen-bond acceptors (Lipinski definition) is 4. The van der Waals surface area contributed by atoms with E-state index in [4.69, 9.17) is 4.74 Å². The first-order valence-electron chi connectivity index (χ1n) is 6.66. The standard InChI is InChI=1S/C14H25NO2S/c1-4-7-15(10-14-6-5-8-18-14)9-13(16)11-17-12(2)3/h5-6,8,12-13,16H,4,7,9-11H2,1-3H3. The average molecular weight is 271 g/mol. The van der Waals surface area contributed by atoms with Gasteiger partial charge in [-0.15, -0.1) is 11.3 Å². The van der Waals surface area contributed by atoms with Gasteiger partial charge in [0.2, 0.25) is 0 Å². The fourth-order valence-electron chi connectivity index (χ4n) is 1.83. The van der Waals surface area contributed by atoms with Gasteiger partial charge in [-0.2, -0.15) is 0 Å². The summed E-state index contributed by atoms with van der Waals surface area (Å²) in [6.07, 6.45) is 0.874. The lowest BCUT2D eigenvalue weighted by Gasteiger charge is -2.24. The molecular weight excluding hydrogens is 246 g/mol. The van der Waals surface area contributed by atoms with Crippen LogP contribution < -0.4 is 0 Å². The number of rotatable bonds is 9. The van der Waals surface area contributed by atoms with Crippen molar-refractivity contribution in [3.8, 4) is 0 Å². The molecule has 1 aromatic heterocycles. The molecule has 0 saturated carbocycles. The van der Waals surface area contributed by atoms with E-state index in [-0.39, 0.29) is 6.10 Å². The zero-order valence-corrected chi connectivity index (χ0v) is 12.4. The summed E-state index contributed by atoms with van der Waals surface area (Å²) in [6, 6.07) is 4.22. The first-order chi connectivity index (χ1) is 8.61. The molecule has 0 bridgehead atoms. The van der Waals surface area contributed by atoms with Crippen LogP contribution in [-0.2, 0) is 11.3 Å². The summed E-state index contributed by atoms with van der Waals surface area (Å²) >= 11 is 1.77. The van der Waals surface area contributed by atoms with Gasteiger partial charge >= 0.3 is 0 Å². The molecule has 0 saturated heterocycles. The third-order valence-corrected chi connectivity index (χ3v) is 3.45. The van der Waals surface area contributed by atoms with Crippen LogP contribution in [0.25, 0.3) is 0 Å². The van der Waals surface area contributed by atoms with Gasteiger partial charge in [0.25, 0.3) is 0 Å². The Balaban J connectivity index is 2.36. The lowest BCUT2D eigenvalue weighted by atomic mass is 10.3. The van der Waals surface area contributed by atoms with Gasteiger partial charge in [-0.1, -0.05) is 13.0 Å². The maximum Gasteiger partial charge on any atom is 0.0900 e. The number of aliphatic hydroxyl groups excluding tert-OH is 1. The molecule has 1 heterocycles. The first kappa shape index (κ1) is 15.6. The Morgan fingerprint density at radius 1 is 1.44 bits per heavy atom. The second-order valence-electron chi connectivity index (χ2n) is 4.85. The molecule has 0 aliphatic rings. The van der Waals surface area contributed by atoms with E-state index in [2.05, 4.69) is 29.3 Å². The van der Waals surface area contributed by atoms with Gasteiger partial charge in [-0.25, -0.2) is 0 Å². The normalized spacial score (nSPS) is 13.4. The first-order valence-corrected chi connectivity index (χ1v) is 7.54. The minimum Gasteiger partial charge on any atom is -0.389 e. The van der Waals surface area contributed by atoms with Crippen molar-refractivity contribution in [3.05, 3.63) is 22.4 Å². The van der Waals surface area contributed by atoms with Gasteiger partial charge in [0.05, 0.1) is 18.8 Å². The van der Waals surface area contributed by atoms with Crippen molar-refractivity contribution in [3.63, 3.8) is 0 Å². The average Bonchev–Trinajstić information content (AvgIpc) is 2.79. The summed E-state index contributed by atoms with van der Waals surface area (Å²) in [4.78, 5) is 3.64. The second kappa shape index (κ2) is 8.64. The van der Waals surface area contributed by atoms with Gasteiger partial charge < -0.3 is 9.84 Å². The SMILES string of the molecule is CCCN(Cc1cccs1)CC(O)COC(C)C. The molecule has 1 rings (SSSR count). The van der Waals surface area contributed by atoms with Crippen molar-refractivity contribution in [1.82, 2.24) is 4.90 Å². The van der Waals surface area contributed by atoms with Crippen LogP contribution >= 0.6 is 11.3 Å². The fourth-order valence-corrected chi connectivity index (χ4v) is 2.57. The molecule has 0 amide bonds. The largest absolute Gasteiger partial charge is 0.389 e. The third-order valence-electron chi connectivity index (χ3n) is 2.59. The van der Waals surface area contributed by atoms with Crippen LogP contribution in [0.3, 0.4) is 0 Å². The predicted octanol–water partition coefficient (Wildman–Crippen LogP) is 2.75. The van der Waals surface area contributed by atoms with Crippen molar-refractivity contribution in [2.75, 3.05) is 19.7 Å². The van der Waals surface area contributed by atoms with E-state index in [1.165, 1.54) is 4.88 Å². The second-order valence-corrected chi connectivity index (χ2v) is 5.88. The predicted molar refractivity (Wildman–Crippen MR) is 77.0 cm³/mol. The van der Waals surface area contributed by atoms with Gasteiger partial charge in [-0.3, -0.25) is 4.90 Å². The molecule has 0 spiro atoms. The molecule has 3 nitrogen and oxygen atoms in total. The highest BCUT2D eigenvalue weighted by atomic mass is 32.1. The van der Waals surface area contributed by atoms with Gasteiger partial charge in [0.1, 0.15) is 0 Å². The van der Waals surface area contributed by atoms with Gasteiger partial charge in [-0.05, 0) is 38.3 Å². The van der Waals surface area contributed by atoms with Crippen LogP contribution in [0, 0.1) is 0 Å². The smallest absolute Gasteiger partial charge is 0.0900 e. The Hall–Kier alpha value is -0.420. The van der Waals surface area contributed by atoms with Crippen LogP contribution in [0.1, 0.15) is 32.1 Å².